The topological polar surface area (TPSA) is 71.0 Å². The molecule has 1 atom stereocenters. The third-order valence-corrected chi connectivity index (χ3v) is 6.01. The highest BCUT2D eigenvalue weighted by molar-refractivity contribution is 7.09. The molecule has 3 rings (SSSR count). The molecule has 0 bridgehead atoms. The third kappa shape index (κ3) is 6.00. The Morgan fingerprint density at radius 1 is 1.28 bits per heavy atom. The summed E-state index contributed by atoms with van der Waals surface area (Å²) < 4.78 is 10.8. The maximum absolute atomic E-state index is 5.40. The molecule has 2 heterocycles. The van der Waals surface area contributed by atoms with Crippen molar-refractivity contribution >= 4 is 23.0 Å². The number of anilines is 1. The van der Waals surface area contributed by atoms with Gasteiger partial charge in [-0.15, -0.1) is 11.3 Å². The van der Waals surface area contributed by atoms with Crippen LogP contribution in [0.4, 0.5) is 5.69 Å². The SMILES string of the molecule is CN=C(NCCCc1nc(C)cs1)NC1CCN(c2cc(OC)cc(OC)c2)C1. The molecule has 1 aromatic heterocycles. The van der Waals surface area contributed by atoms with Gasteiger partial charge in [0.25, 0.3) is 0 Å². The molecule has 0 radical (unpaired) electrons. The fraction of sp³-hybridized carbons (Fsp3) is 0.524. The van der Waals surface area contributed by atoms with Crippen LogP contribution >= 0.6 is 11.3 Å². The van der Waals surface area contributed by atoms with E-state index in [4.69, 9.17) is 9.47 Å². The van der Waals surface area contributed by atoms with Crippen molar-refractivity contribution in [2.75, 3.05) is 45.8 Å². The molecule has 158 valence electrons. The van der Waals surface area contributed by atoms with E-state index in [1.807, 2.05) is 20.0 Å². The maximum Gasteiger partial charge on any atom is 0.191 e. The van der Waals surface area contributed by atoms with Crippen LogP contribution in [-0.2, 0) is 6.42 Å². The van der Waals surface area contributed by atoms with Crippen molar-refractivity contribution in [1.29, 1.82) is 0 Å². The van der Waals surface area contributed by atoms with Crippen LogP contribution in [0.5, 0.6) is 11.5 Å². The second kappa shape index (κ2) is 10.3. The number of aryl methyl sites for hydroxylation is 2. The fourth-order valence-corrected chi connectivity index (χ4v) is 4.26. The zero-order valence-electron chi connectivity index (χ0n) is 17.7. The minimum atomic E-state index is 0.347. The summed E-state index contributed by atoms with van der Waals surface area (Å²) in [6.45, 7) is 4.81. The van der Waals surface area contributed by atoms with Crippen LogP contribution in [0, 0.1) is 6.92 Å². The van der Waals surface area contributed by atoms with Crippen LogP contribution in [0.1, 0.15) is 23.5 Å². The number of aromatic nitrogens is 1. The summed E-state index contributed by atoms with van der Waals surface area (Å²) in [5, 5.41) is 10.3. The normalized spacial score (nSPS) is 16.8. The minimum absolute atomic E-state index is 0.347. The first-order valence-electron chi connectivity index (χ1n) is 9.97. The van der Waals surface area contributed by atoms with Crippen LogP contribution < -0.4 is 25.0 Å². The highest BCUT2D eigenvalue weighted by Gasteiger charge is 2.24. The van der Waals surface area contributed by atoms with Gasteiger partial charge < -0.3 is 25.0 Å². The van der Waals surface area contributed by atoms with Gasteiger partial charge in [0.2, 0.25) is 0 Å². The van der Waals surface area contributed by atoms with E-state index in [9.17, 15) is 0 Å². The number of ether oxygens (including phenoxy) is 2. The van der Waals surface area contributed by atoms with Crippen molar-refractivity contribution in [1.82, 2.24) is 15.6 Å². The number of benzene rings is 1. The largest absolute Gasteiger partial charge is 0.497 e. The maximum atomic E-state index is 5.40. The Hall–Kier alpha value is -2.48. The second-order valence-electron chi connectivity index (χ2n) is 7.13. The van der Waals surface area contributed by atoms with Gasteiger partial charge in [-0.05, 0) is 19.8 Å². The monoisotopic (exact) mass is 417 g/mol. The predicted octanol–water partition coefficient (Wildman–Crippen LogP) is 2.85. The summed E-state index contributed by atoms with van der Waals surface area (Å²) in [5.74, 6) is 2.47. The first-order valence-corrected chi connectivity index (χ1v) is 10.9. The number of nitrogens with zero attached hydrogens (tertiary/aromatic N) is 3. The number of hydrogen-bond acceptors (Lipinski definition) is 6. The van der Waals surface area contributed by atoms with Crippen molar-refractivity contribution in [3.8, 4) is 11.5 Å². The van der Waals surface area contributed by atoms with E-state index in [0.717, 1.165) is 67.7 Å². The molecule has 2 aromatic rings. The van der Waals surface area contributed by atoms with Crippen LogP contribution in [0.25, 0.3) is 0 Å². The van der Waals surface area contributed by atoms with Gasteiger partial charge in [0, 0.05) is 74.1 Å². The van der Waals surface area contributed by atoms with E-state index in [0.29, 0.717) is 6.04 Å². The molecule has 8 heteroatoms. The fourth-order valence-electron chi connectivity index (χ4n) is 3.44. The lowest BCUT2D eigenvalue weighted by atomic mass is 10.2. The highest BCUT2D eigenvalue weighted by atomic mass is 32.1. The summed E-state index contributed by atoms with van der Waals surface area (Å²) in [5.41, 5.74) is 2.22. The van der Waals surface area contributed by atoms with Crippen molar-refractivity contribution in [3.63, 3.8) is 0 Å². The second-order valence-corrected chi connectivity index (χ2v) is 8.07. The summed E-state index contributed by atoms with van der Waals surface area (Å²) in [7, 11) is 5.18. The molecule has 1 aliphatic heterocycles. The van der Waals surface area contributed by atoms with E-state index in [1.165, 1.54) is 5.01 Å². The number of methoxy groups -OCH3 is 2. The van der Waals surface area contributed by atoms with Crippen molar-refractivity contribution < 1.29 is 9.47 Å². The first kappa shape index (κ1) is 21.2. The van der Waals surface area contributed by atoms with Crippen molar-refractivity contribution in [3.05, 3.63) is 34.3 Å². The molecule has 1 aliphatic rings. The molecule has 7 nitrogen and oxygen atoms in total. The average molecular weight is 418 g/mol. The van der Waals surface area contributed by atoms with E-state index in [-0.39, 0.29) is 0 Å². The number of rotatable bonds is 8. The lowest BCUT2D eigenvalue weighted by Crippen LogP contribution is -2.44. The van der Waals surface area contributed by atoms with Crippen LogP contribution in [0.2, 0.25) is 0 Å². The molecule has 0 spiro atoms. The first-order chi connectivity index (χ1) is 14.1. The Labute approximate surface area is 177 Å². The van der Waals surface area contributed by atoms with Gasteiger partial charge >= 0.3 is 0 Å². The average Bonchev–Trinajstić information content (AvgIpc) is 3.38. The standard InChI is InChI=1S/C21H31N5O2S/c1-15-14-29-20(24-15)6-5-8-23-21(22-2)25-16-7-9-26(13-16)17-10-18(27-3)12-19(11-17)28-4/h10-12,14,16H,5-9,13H2,1-4H3,(H2,22,23,25). The van der Waals surface area contributed by atoms with E-state index in [2.05, 4.69) is 43.0 Å². The van der Waals surface area contributed by atoms with Crippen molar-refractivity contribution in [2.45, 2.75) is 32.2 Å². The Bertz CT molecular complexity index is 801. The smallest absolute Gasteiger partial charge is 0.191 e. The van der Waals surface area contributed by atoms with Gasteiger partial charge in [-0.2, -0.15) is 0 Å². The molecule has 1 saturated heterocycles. The molecular weight excluding hydrogens is 386 g/mol. The molecule has 1 fully saturated rings. The number of hydrogen-bond donors (Lipinski definition) is 2. The molecule has 1 unspecified atom stereocenters. The molecule has 0 amide bonds. The minimum Gasteiger partial charge on any atom is -0.497 e. The Morgan fingerprint density at radius 3 is 2.66 bits per heavy atom. The van der Waals surface area contributed by atoms with Crippen molar-refractivity contribution in [2.24, 2.45) is 4.99 Å². The van der Waals surface area contributed by atoms with Crippen LogP contribution in [0.15, 0.2) is 28.6 Å². The molecule has 0 aliphatic carbocycles. The quantitative estimate of drug-likeness (QED) is 0.391. The summed E-state index contributed by atoms with van der Waals surface area (Å²) in [6, 6.07) is 6.35. The summed E-state index contributed by atoms with van der Waals surface area (Å²) in [4.78, 5) is 11.2. The highest BCUT2D eigenvalue weighted by Crippen LogP contribution is 2.30. The molecule has 1 aromatic carbocycles. The van der Waals surface area contributed by atoms with E-state index < -0.39 is 0 Å². The number of thiazole rings is 1. The Balaban J connectivity index is 1.46. The summed E-state index contributed by atoms with van der Waals surface area (Å²) >= 11 is 1.74. The molecule has 0 saturated carbocycles. The van der Waals surface area contributed by atoms with Gasteiger partial charge in [0.15, 0.2) is 5.96 Å². The lowest BCUT2D eigenvalue weighted by molar-refractivity contribution is 0.394. The number of nitrogens with one attached hydrogen (secondary N) is 2. The molecule has 29 heavy (non-hydrogen) atoms. The zero-order valence-corrected chi connectivity index (χ0v) is 18.5. The molecule has 2 N–H and O–H groups in total. The van der Waals surface area contributed by atoms with Gasteiger partial charge in [0.05, 0.1) is 19.2 Å². The van der Waals surface area contributed by atoms with E-state index >= 15 is 0 Å². The Kier molecular flexibility index (Phi) is 7.57. The Morgan fingerprint density at radius 2 is 2.03 bits per heavy atom. The predicted molar refractivity (Wildman–Crippen MR) is 120 cm³/mol. The van der Waals surface area contributed by atoms with Gasteiger partial charge in [-0.25, -0.2) is 4.98 Å². The number of guanidine groups is 1. The molecular formula is C21H31N5O2S. The number of aliphatic imine (C=N–C) groups is 1. The van der Waals surface area contributed by atoms with Gasteiger partial charge in [0.1, 0.15) is 11.5 Å². The van der Waals surface area contributed by atoms with Gasteiger partial charge in [-0.3, -0.25) is 4.99 Å². The van der Waals surface area contributed by atoms with E-state index in [1.54, 1.807) is 25.6 Å². The summed E-state index contributed by atoms with van der Waals surface area (Å²) in [6.07, 6.45) is 3.09. The third-order valence-electron chi connectivity index (χ3n) is 4.98. The van der Waals surface area contributed by atoms with Gasteiger partial charge in [-0.1, -0.05) is 0 Å². The van der Waals surface area contributed by atoms with Crippen LogP contribution in [-0.4, -0.2) is 57.9 Å². The zero-order chi connectivity index (χ0) is 20.6. The lowest BCUT2D eigenvalue weighted by Gasteiger charge is -2.21. The van der Waals surface area contributed by atoms with Crippen LogP contribution in [0.3, 0.4) is 0 Å².